The number of rotatable bonds is 3. The van der Waals surface area contributed by atoms with Crippen LogP contribution in [-0.2, 0) is 0 Å². The van der Waals surface area contributed by atoms with Gasteiger partial charge in [-0.2, -0.15) is 5.26 Å². The standard InChI is InChI=1S/C19H19N7/c20-11-13-1-3-15(4-2-13)26-9-7-14(8-10-26)24-18-16-5-6-17(21)25-19(16)23-12-22-18/h1-6,12,14H,7-10H2,(H3,21,22,23,24,25). The smallest absolute Gasteiger partial charge is 0.166 e. The van der Waals surface area contributed by atoms with Crippen molar-refractivity contribution in [2.24, 2.45) is 0 Å². The topological polar surface area (TPSA) is 104 Å². The molecule has 3 N–H and O–H groups in total. The van der Waals surface area contributed by atoms with Crippen LogP contribution in [0, 0.1) is 11.3 Å². The number of nitriles is 1. The van der Waals surface area contributed by atoms with E-state index in [9.17, 15) is 0 Å². The molecule has 0 atom stereocenters. The summed E-state index contributed by atoms with van der Waals surface area (Å²) in [5.41, 5.74) is 8.19. The highest BCUT2D eigenvalue weighted by atomic mass is 15.2. The Balaban J connectivity index is 1.43. The van der Waals surface area contributed by atoms with Crippen LogP contribution in [0.4, 0.5) is 17.3 Å². The molecule has 0 unspecified atom stereocenters. The predicted molar refractivity (Wildman–Crippen MR) is 102 cm³/mol. The van der Waals surface area contributed by atoms with Crippen LogP contribution in [0.25, 0.3) is 11.0 Å². The molecule has 0 amide bonds. The molecule has 0 spiro atoms. The number of nitrogens with two attached hydrogens (primary N) is 1. The van der Waals surface area contributed by atoms with Crippen molar-refractivity contribution in [2.45, 2.75) is 18.9 Å². The number of hydrogen-bond donors (Lipinski definition) is 2. The third-order valence-electron chi connectivity index (χ3n) is 4.72. The first-order chi connectivity index (χ1) is 12.7. The second-order valence-corrected chi connectivity index (χ2v) is 6.39. The molecule has 7 heteroatoms. The summed E-state index contributed by atoms with van der Waals surface area (Å²) in [5.74, 6) is 1.26. The number of nitrogen functional groups attached to an aromatic ring is 1. The van der Waals surface area contributed by atoms with Gasteiger partial charge in [0.2, 0.25) is 0 Å². The Morgan fingerprint density at radius 2 is 1.85 bits per heavy atom. The van der Waals surface area contributed by atoms with Crippen molar-refractivity contribution in [1.82, 2.24) is 15.0 Å². The van der Waals surface area contributed by atoms with Gasteiger partial charge >= 0.3 is 0 Å². The molecule has 0 bridgehead atoms. The zero-order valence-corrected chi connectivity index (χ0v) is 14.3. The lowest BCUT2D eigenvalue weighted by atomic mass is 10.0. The van der Waals surface area contributed by atoms with E-state index >= 15 is 0 Å². The first-order valence-corrected chi connectivity index (χ1v) is 8.62. The average molecular weight is 345 g/mol. The van der Waals surface area contributed by atoms with E-state index in [4.69, 9.17) is 11.0 Å². The van der Waals surface area contributed by atoms with Gasteiger partial charge in [0, 0.05) is 24.8 Å². The fraction of sp³-hybridized carbons (Fsp3) is 0.263. The Morgan fingerprint density at radius 3 is 2.58 bits per heavy atom. The van der Waals surface area contributed by atoms with Crippen molar-refractivity contribution in [2.75, 3.05) is 29.0 Å². The van der Waals surface area contributed by atoms with Gasteiger partial charge in [-0.05, 0) is 49.2 Å². The minimum absolute atomic E-state index is 0.347. The number of nitrogens with zero attached hydrogens (tertiary/aromatic N) is 5. The lowest BCUT2D eigenvalue weighted by molar-refractivity contribution is 0.526. The van der Waals surface area contributed by atoms with E-state index in [0.717, 1.165) is 42.8 Å². The van der Waals surface area contributed by atoms with Gasteiger partial charge in [0.05, 0.1) is 17.0 Å². The van der Waals surface area contributed by atoms with Crippen molar-refractivity contribution >= 4 is 28.4 Å². The summed E-state index contributed by atoms with van der Waals surface area (Å²) >= 11 is 0. The van der Waals surface area contributed by atoms with E-state index in [1.807, 2.05) is 30.3 Å². The first-order valence-electron chi connectivity index (χ1n) is 8.62. The summed E-state index contributed by atoms with van der Waals surface area (Å²) in [6.07, 6.45) is 3.53. The number of aromatic nitrogens is 3. The number of piperidine rings is 1. The summed E-state index contributed by atoms with van der Waals surface area (Å²) in [4.78, 5) is 15.2. The number of hydrogen-bond acceptors (Lipinski definition) is 7. The molecule has 130 valence electrons. The largest absolute Gasteiger partial charge is 0.384 e. The minimum atomic E-state index is 0.347. The van der Waals surface area contributed by atoms with E-state index in [2.05, 4.69) is 31.2 Å². The average Bonchev–Trinajstić information content (AvgIpc) is 2.69. The molecule has 7 nitrogen and oxygen atoms in total. The molecular weight excluding hydrogens is 326 g/mol. The lowest BCUT2D eigenvalue weighted by Gasteiger charge is -2.34. The maximum atomic E-state index is 8.91. The summed E-state index contributed by atoms with van der Waals surface area (Å²) < 4.78 is 0. The molecule has 0 saturated carbocycles. The second kappa shape index (κ2) is 6.84. The Bertz CT molecular complexity index is 954. The van der Waals surface area contributed by atoms with Gasteiger partial charge in [-0.3, -0.25) is 0 Å². The summed E-state index contributed by atoms with van der Waals surface area (Å²) in [7, 11) is 0. The molecule has 26 heavy (non-hydrogen) atoms. The summed E-state index contributed by atoms with van der Waals surface area (Å²) in [6.45, 7) is 1.91. The molecule has 1 aliphatic heterocycles. The van der Waals surface area contributed by atoms with E-state index < -0.39 is 0 Å². The Morgan fingerprint density at radius 1 is 1.08 bits per heavy atom. The molecular formula is C19H19N7. The number of pyridine rings is 1. The maximum Gasteiger partial charge on any atom is 0.166 e. The van der Waals surface area contributed by atoms with Gasteiger partial charge in [0.15, 0.2) is 5.65 Å². The quantitative estimate of drug-likeness (QED) is 0.752. The number of benzene rings is 1. The SMILES string of the molecule is N#Cc1ccc(N2CCC(Nc3ncnc4nc(N)ccc34)CC2)cc1. The van der Waals surface area contributed by atoms with Gasteiger partial charge in [-0.25, -0.2) is 15.0 Å². The summed E-state index contributed by atoms with van der Waals surface area (Å²) in [6, 6.07) is 13.9. The second-order valence-electron chi connectivity index (χ2n) is 6.39. The highest BCUT2D eigenvalue weighted by Gasteiger charge is 2.20. The Hall–Kier alpha value is -3.40. The highest BCUT2D eigenvalue weighted by Crippen LogP contribution is 2.24. The third kappa shape index (κ3) is 3.22. The van der Waals surface area contributed by atoms with Gasteiger partial charge in [0.25, 0.3) is 0 Å². The van der Waals surface area contributed by atoms with Crippen LogP contribution in [0.2, 0.25) is 0 Å². The maximum absolute atomic E-state index is 8.91. The van der Waals surface area contributed by atoms with Crippen molar-refractivity contribution in [3.8, 4) is 6.07 Å². The molecule has 3 aromatic rings. The molecule has 1 aliphatic rings. The highest BCUT2D eigenvalue weighted by molar-refractivity contribution is 5.87. The zero-order valence-electron chi connectivity index (χ0n) is 14.3. The minimum Gasteiger partial charge on any atom is -0.384 e. The van der Waals surface area contributed by atoms with Crippen molar-refractivity contribution in [3.05, 3.63) is 48.3 Å². The van der Waals surface area contributed by atoms with E-state index in [1.165, 1.54) is 6.33 Å². The molecule has 2 aromatic heterocycles. The fourth-order valence-electron chi connectivity index (χ4n) is 3.29. The van der Waals surface area contributed by atoms with Crippen LogP contribution in [0.1, 0.15) is 18.4 Å². The third-order valence-corrected chi connectivity index (χ3v) is 4.72. The van der Waals surface area contributed by atoms with Crippen molar-refractivity contribution < 1.29 is 0 Å². The Kier molecular flexibility index (Phi) is 4.23. The molecule has 1 aromatic carbocycles. The predicted octanol–water partition coefficient (Wildman–Crippen LogP) is 2.56. The molecule has 1 fully saturated rings. The molecule has 4 rings (SSSR count). The first kappa shape index (κ1) is 16.1. The molecule has 0 aliphatic carbocycles. The molecule has 1 saturated heterocycles. The van der Waals surface area contributed by atoms with Gasteiger partial charge in [-0.15, -0.1) is 0 Å². The van der Waals surface area contributed by atoms with E-state index in [-0.39, 0.29) is 0 Å². The van der Waals surface area contributed by atoms with Crippen molar-refractivity contribution in [3.63, 3.8) is 0 Å². The van der Waals surface area contributed by atoms with Crippen LogP contribution in [-0.4, -0.2) is 34.1 Å². The zero-order chi connectivity index (χ0) is 17.9. The summed E-state index contributed by atoms with van der Waals surface area (Å²) in [5, 5.41) is 13.3. The van der Waals surface area contributed by atoms with Crippen LogP contribution in [0.5, 0.6) is 0 Å². The normalized spacial score (nSPS) is 15.0. The van der Waals surface area contributed by atoms with E-state index in [1.54, 1.807) is 6.07 Å². The van der Waals surface area contributed by atoms with Gasteiger partial charge in [0.1, 0.15) is 18.0 Å². The monoisotopic (exact) mass is 345 g/mol. The number of anilines is 3. The van der Waals surface area contributed by atoms with Crippen LogP contribution in [0.3, 0.4) is 0 Å². The molecule has 0 radical (unpaired) electrons. The van der Waals surface area contributed by atoms with Gasteiger partial charge in [-0.1, -0.05) is 0 Å². The van der Waals surface area contributed by atoms with Crippen LogP contribution in [0.15, 0.2) is 42.7 Å². The van der Waals surface area contributed by atoms with Crippen LogP contribution < -0.4 is 16.0 Å². The number of fused-ring (bicyclic) bond motifs is 1. The fourth-order valence-corrected chi connectivity index (χ4v) is 3.29. The molecule has 3 heterocycles. The van der Waals surface area contributed by atoms with Crippen LogP contribution >= 0.6 is 0 Å². The van der Waals surface area contributed by atoms with Crippen molar-refractivity contribution in [1.29, 1.82) is 5.26 Å². The Labute approximate surface area is 151 Å². The van der Waals surface area contributed by atoms with E-state index in [0.29, 0.717) is 23.1 Å². The lowest BCUT2D eigenvalue weighted by Crippen LogP contribution is -2.39. The van der Waals surface area contributed by atoms with Gasteiger partial charge < -0.3 is 16.0 Å². The number of nitrogens with one attached hydrogen (secondary N) is 1.